The molecule has 0 aliphatic carbocycles. The maximum atomic E-state index is 9.64. The van der Waals surface area contributed by atoms with Gasteiger partial charge in [-0.1, -0.05) is 30.3 Å². The molecule has 2 heterocycles. The number of rotatable bonds is 2. The zero-order chi connectivity index (χ0) is 12.5. The fraction of sp³-hybridized carbons (Fsp3) is 0.308. The van der Waals surface area contributed by atoms with Gasteiger partial charge in [-0.15, -0.1) is 0 Å². The molecule has 1 aliphatic rings. The van der Waals surface area contributed by atoms with Crippen molar-refractivity contribution in [3.05, 3.63) is 30.3 Å². The first-order chi connectivity index (χ1) is 8.75. The number of anilines is 2. The molecule has 0 amide bonds. The maximum Gasteiger partial charge on any atom is 0.147 e. The van der Waals surface area contributed by atoms with Crippen molar-refractivity contribution in [3.63, 3.8) is 0 Å². The zero-order valence-electron chi connectivity index (χ0n) is 9.91. The number of nitrogens with two attached hydrogens (primary N) is 1. The number of hydrogen-bond acceptors (Lipinski definition) is 5. The van der Waals surface area contributed by atoms with Crippen LogP contribution >= 0.6 is 11.5 Å². The minimum atomic E-state index is -0.239. The second-order valence-corrected chi connectivity index (χ2v) is 5.25. The van der Waals surface area contributed by atoms with E-state index in [1.54, 1.807) is 0 Å². The summed E-state index contributed by atoms with van der Waals surface area (Å²) in [5, 5.41) is 10.7. The van der Waals surface area contributed by atoms with Crippen molar-refractivity contribution >= 4 is 22.4 Å². The molecule has 1 aromatic carbocycles. The molecule has 3 rings (SSSR count). The van der Waals surface area contributed by atoms with E-state index < -0.39 is 0 Å². The van der Waals surface area contributed by atoms with Gasteiger partial charge in [-0.3, -0.25) is 0 Å². The highest BCUT2D eigenvalue weighted by Gasteiger charge is 2.25. The first-order valence-corrected chi connectivity index (χ1v) is 6.76. The summed E-state index contributed by atoms with van der Waals surface area (Å²) in [5.74, 6) is 0.572. The van der Waals surface area contributed by atoms with Crippen LogP contribution in [0.1, 0.15) is 6.42 Å². The van der Waals surface area contributed by atoms with Crippen LogP contribution in [-0.2, 0) is 0 Å². The van der Waals surface area contributed by atoms with Crippen molar-refractivity contribution < 1.29 is 5.11 Å². The molecule has 1 atom stereocenters. The second-order valence-electron chi connectivity index (χ2n) is 4.50. The van der Waals surface area contributed by atoms with Crippen LogP contribution in [0.15, 0.2) is 30.3 Å². The smallest absolute Gasteiger partial charge is 0.147 e. The highest BCUT2D eigenvalue weighted by atomic mass is 32.1. The average molecular weight is 261 g/mol. The molecule has 94 valence electrons. The van der Waals surface area contributed by atoms with E-state index in [0.717, 1.165) is 29.1 Å². The molecule has 0 saturated carbocycles. The van der Waals surface area contributed by atoms with Crippen molar-refractivity contribution in [3.8, 4) is 11.1 Å². The van der Waals surface area contributed by atoms with Gasteiger partial charge < -0.3 is 15.7 Å². The summed E-state index contributed by atoms with van der Waals surface area (Å²) >= 11 is 1.41. The summed E-state index contributed by atoms with van der Waals surface area (Å²) in [7, 11) is 0. The molecule has 4 nitrogen and oxygen atoms in total. The number of benzene rings is 1. The molecular weight excluding hydrogens is 246 g/mol. The highest BCUT2D eigenvalue weighted by molar-refractivity contribution is 7.11. The van der Waals surface area contributed by atoms with Crippen molar-refractivity contribution in [1.82, 2.24) is 4.37 Å². The van der Waals surface area contributed by atoms with Gasteiger partial charge in [0.1, 0.15) is 10.8 Å². The number of β-amino-alcohol motifs (C(OH)–C–C–N with tert-alkyl or cyclic N) is 1. The molecule has 0 spiro atoms. The largest absolute Gasteiger partial charge is 0.391 e. The van der Waals surface area contributed by atoms with Crippen molar-refractivity contribution in [1.29, 1.82) is 0 Å². The summed E-state index contributed by atoms with van der Waals surface area (Å²) in [6.07, 6.45) is 0.573. The van der Waals surface area contributed by atoms with E-state index in [0.29, 0.717) is 12.4 Å². The first-order valence-electron chi connectivity index (χ1n) is 5.99. The van der Waals surface area contributed by atoms with E-state index in [1.165, 1.54) is 11.5 Å². The highest BCUT2D eigenvalue weighted by Crippen LogP contribution is 2.40. The number of aromatic nitrogens is 1. The van der Waals surface area contributed by atoms with Crippen LogP contribution < -0.4 is 10.6 Å². The molecule has 2 aromatic rings. The predicted molar refractivity (Wildman–Crippen MR) is 74.8 cm³/mol. The second kappa shape index (κ2) is 4.59. The van der Waals surface area contributed by atoms with Crippen LogP contribution in [0.25, 0.3) is 11.1 Å². The molecule has 1 saturated heterocycles. The minimum Gasteiger partial charge on any atom is -0.391 e. The fourth-order valence-corrected chi connectivity index (χ4v) is 3.18. The third kappa shape index (κ3) is 1.95. The molecule has 1 aliphatic heterocycles. The van der Waals surface area contributed by atoms with Gasteiger partial charge in [0.25, 0.3) is 0 Å². The topological polar surface area (TPSA) is 62.4 Å². The molecule has 1 unspecified atom stereocenters. The molecule has 18 heavy (non-hydrogen) atoms. The number of aliphatic hydroxyl groups is 1. The molecule has 5 heteroatoms. The lowest BCUT2D eigenvalue weighted by Gasteiger charge is -2.17. The molecule has 0 radical (unpaired) electrons. The third-order valence-corrected chi connectivity index (χ3v) is 4.14. The van der Waals surface area contributed by atoms with Crippen LogP contribution in [0.4, 0.5) is 10.8 Å². The summed E-state index contributed by atoms with van der Waals surface area (Å²) in [4.78, 5) is 2.17. The van der Waals surface area contributed by atoms with E-state index in [4.69, 9.17) is 5.73 Å². The van der Waals surface area contributed by atoms with Crippen molar-refractivity contribution in [2.24, 2.45) is 0 Å². The number of nitrogen functional groups attached to an aromatic ring is 1. The van der Waals surface area contributed by atoms with Crippen LogP contribution in [0.3, 0.4) is 0 Å². The van der Waals surface area contributed by atoms with Gasteiger partial charge in [-0.2, -0.15) is 4.37 Å². The zero-order valence-corrected chi connectivity index (χ0v) is 10.7. The molecular formula is C13H15N3OS. The first kappa shape index (κ1) is 11.5. The Bertz CT molecular complexity index is 540. The Morgan fingerprint density at radius 1 is 1.33 bits per heavy atom. The standard InChI is InChI=1S/C13H15N3OS/c14-12-11(9-4-2-1-3-5-9)13(18-15-12)16-7-6-10(17)8-16/h1-5,10,17H,6-8H2,(H2,14,15). The van der Waals surface area contributed by atoms with E-state index in [9.17, 15) is 5.11 Å². The van der Waals surface area contributed by atoms with Crippen LogP contribution in [0.5, 0.6) is 0 Å². The fourth-order valence-electron chi connectivity index (χ4n) is 2.31. The summed E-state index contributed by atoms with van der Waals surface area (Å²) < 4.78 is 4.26. The van der Waals surface area contributed by atoms with Crippen molar-refractivity contribution in [2.75, 3.05) is 23.7 Å². The monoisotopic (exact) mass is 261 g/mol. The van der Waals surface area contributed by atoms with E-state index >= 15 is 0 Å². The summed E-state index contributed by atoms with van der Waals surface area (Å²) in [5.41, 5.74) is 8.06. The molecule has 1 fully saturated rings. The van der Waals surface area contributed by atoms with E-state index in [1.807, 2.05) is 30.3 Å². The van der Waals surface area contributed by atoms with E-state index in [-0.39, 0.29) is 6.10 Å². The Hall–Kier alpha value is -1.59. The third-order valence-electron chi connectivity index (χ3n) is 3.21. The summed E-state index contributed by atoms with van der Waals surface area (Å²) in [6, 6.07) is 10.1. The number of nitrogens with zero attached hydrogens (tertiary/aromatic N) is 2. The Kier molecular flexibility index (Phi) is 2.93. The summed E-state index contributed by atoms with van der Waals surface area (Å²) in [6.45, 7) is 1.53. The quantitative estimate of drug-likeness (QED) is 0.867. The van der Waals surface area contributed by atoms with Gasteiger partial charge in [0.2, 0.25) is 0 Å². The Labute approximate surface area is 110 Å². The predicted octanol–water partition coefficient (Wildman–Crippen LogP) is 1.96. The van der Waals surface area contributed by atoms with E-state index in [2.05, 4.69) is 9.27 Å². The van der Waals surface area contributed by atoms with Crippen LogP contribution in [0, 0.1) is 0 Å². The van der Waals surface area contributed by atoms with Crippen LogP contribution in [-0.4, -0.2) is 28.7 Å². The molecule has 3 N–H and O–H groups in total. The lowest BCUT2D eigenvalue weighted by molar-refractivity contribution is 0.198. The Balaban J connectivity index is 2.02. The van der Waals surface area contributed by atoms with Gasteiger partial charge >= 0.3 is 0 Å². The van der Waals surface area contributed by atoms with Crippen LogP contribution in [0.2, 0.25) is 0 Å². The van der Waals surface area contributed by atoms with Gasteiger partial charge in [-0.25, -0.2) is 0 Å². The SMILES string of the molecule is Nc1nsc(N2CCC(O)C2)c1-c1ccccc1. The van der Waals surface area contributed by atoms with Gasteiger partial charge in [0, 0.05) is 13.1 Å². The number of aliphatic hydroxyl groups excluding tert-OH is 1. The van der Waals surface area contributed by atoms with Crippen molar-refractivity contribution in [2.45, 2.75) is 12.5 Å². The van der Waals surface area contributed by atoms with Gasteiger partial charge in [0.05, 0.1) is 11.7 Å². The molecule has 0 bridgehead atoms. The average Bonchev–Trinajstić information content (AvgIpc) is 2.96. The normalized spacial score (nSPS) is 19.4. The lowest BCUT2D eigenvalue weighted by atomic mass is 10.1. The van der Waals surface area contributed by atoms with Gasteiger partial charge in [0.15, 0.2) is 0 Å². The van der Waals surface area contributed by atoms with Gasteiger partial charge in [-0.05, 0) is 23.5 Å². The Morgan fingerprint density at radius 2 is 2.11 bits per heavy atom. The maximum absolute atomic E-state index is 9.64. The molecule has 1 aromatic heterocycles. The lowest BCUT2D eigenvalue weighted by Crippen LogP contribution is -2.20. The Morgan fingerprint density at radius 3 is 2.78 bits per heavy atom. The minimum absolute atomic E-state index is 0.239. The number of hydrogen-bond donors (Lipinski definition) is 2.